The van der Waals surface area contributed by atoms with Crippen molar-refractivity contribution in [2.24, 2.45) is 5.92 Å². The highest BCUT2D eigenvalue weighted by Crippen LogP contribution is 2.48. The van der Waals surface area contributed by atoms with Crippen LogP contribution in [0.25, 0.3) is 0 Å². The van der Waals surface area contributed by atoms with E-state index in [0.29, 0.717) is 12.0 Å². The molecule has 1 N–H and O–H groups in total. The molecule has 3 aliphatic rings. The average Bonchev–Trinajstić information content (AvgIpc) is 2.63. The summed E-state index contributed by atoms with van der Waals surface area (Å²) >= 11 is 0. The summed E-state index contributed by atoms with van der Waals surface area (Å²) in [6.45, 7) is 3.04. The first-order valence-electron chi connectivity index (χ1n) is 9.35. The van der Waals surface area contributed by atoms with Gasteiger partial charge in [-0.15, -0.1) is 0 Å². The summed E-state index contributed by atoms with van der Waals surface area (Å²) in [5.74, 6) is 0.647. The molecule has 1 spiro atoms. The first-order valence-corrected chi connectivity index (χ1v) is 9.35. The van der Waals surface area contributed by atoms with Gasteiger partial charge in [0.05, 0.1) is 6.04 Å². The SMILES string of the molecule is O=CN1CC2(CCNCC2)c2ccccc2C1C1CCCCC1. The Morgan fingerprint density at radius 1 is 1.09 bits per heavy atom. The fraction of sp³-hybridized carbons (Fsp3) is 0.650. The lowest BCUT2D eigenvalue weighted by Gasteiger charge is -2.51. The van der Waals surface area contributed by atoms with E-state index in [2.05, 4.69) is 34.5 Å². The molecule has 1 aliphatic carbocycles. The number of fused-ring (bicyclic) bond motifs is 2. The van der Waals surface area contributed by atoms with Crippen LogP contribution >= 0.6 is 0 Å². The Morgan fingerprint density at radius 2 is 1.83 bits per heavy atom. The number of amides is 1. The number of nitrogens with one attached hydrogen (secondary N) is 1. The summed E-state index contributed by atoms with van der Waals surface area (Å²) in [5, 5.41) is 3.49. The van der Waals surface area contributed by atoms with Crippen molar-refractivity contribution < 1.29 is 4.79 Å². The van der Waals surface area contributed by atoms with Crippen LogP contribution in [0.2, 0.25) is 0 Å². The summed E-state index contributed by atoms with van der Waals surface area (Å²) in [6, 6.07) is 9.31. The molecular formula is C20H28N2O. The molecule has 0 aromatic heterocycles. The fourth-order valence-corrected chi connectivity index (χ4v) is 5.36. The monoisotopic (exact) mass is 312 g/mol. The molecule has 1 amide bonds. The maximum atomic E-state index is 12.0. The molecule has 2 fully saturated rings. The van der Waals surface area contributed by atoms with Crippen molar-refractivity contribution in [2.45, 2.75) is 56.4 Å². The zero-order chi connectivity index (χ0) is 15.7. The van der Waals surface area contributed by atoms with Gasteiger partial charge in [0.25, 0.3) is 0 Å². The topological polar surface area (TPSA) is 32.3 Å². The molecule has 124 valence electrons. The maximum absolute atomic E-state index is 12.0. The minimum absolute atomic E-state index is 0.175. The van der Waals surface area contributed by atoms with Gasteiger partial charge < -0.3 is 10.2 Å². The number of hydrogen-bond acceptors (Lipinski definition) is 2. The molecule has 1 atom stereocenters. The molecular weight excluding hydrogens is 284 g/mol. The predicted octanol–water partition coefficient (Wildman–Crippen LogP) is 3.40. The van der Waals surface area contributed by atoms with E-state index in [0.717, 1.165) is 38.9 Å². The zero-order valence-corrected chi connectivity index (χ0v) is 14.0. The summed E-state index contributed by atoms with van der Waals surface area (Å²) in [5.41, 5.74) is 3.16. The second kappa shape index (κ2) is 6.27. The van der Waals surface area contributed by atoms with Gasteiger partial charge in [0.15, 0.2) is 0 Å². The minimum Gasteiger partial charge on any atom is -0.337 e. The van der Waals surface area contributed by atoms with Crippen LogP contribution in [0.15, 0.2) is 24.3 Å². The number of carbonyl (C=O) groups is 1. The van der Waals surface area contributed by atoms with Crippen LogP contribution in [0.3, 0.4) is 0 Å². The van der Waals surface area contributed by atoms with Crippen LogP contribution in [0.4, 0.5) is 0 Å². The highest BCUT2D eigenvalue weighted by atomic mass is 16.1. The molecule has 0 bridgehead atoms. The van der Waals surface area contributed by atoms with Crippen LogP contribution in [-0.4, -0.2) is 30.9 Å². The van der Waals surface area contributed by atoms with E-state index in [1.54, 1.807) is 0 Å². The molecule has 0 radical (unpaired) electrons. The highest BCUT2D eigenvalue weighted by molar-refractivity contribution is 5.54. The van der Waals surface area contributed by atoms with Crippen LogP contribution in [0.5, 0.6) is 0 Å². The van der Waals surface area contributed by atoms with E-state index in [4.69, 9.17) is 0 Å². The van der Waals surface area contributed by atoms with Crippen molar-refractivity contribution >= 4 is 6.41 Å². The molecule has 4 rings (SSSR count). The Balaban J connectivity index is 1.77. The van der Waals surface area contributed by atoms with Gasteiger partial charge in [-0.25, -0.2) is 0 Å². The molecule has 1 unspecified atom stereocenters. The standard InChI is InChI=1S/C20H28N2O/c23-15-22-14-20(10-12-21-13-11-20)18-9-5-4-8-17(18)19(22)16-6-2-1-3-7-16/h4-5,8-9,15-16,19,21H,1-3,6-7,10-14H2. The molecule has 2 heterocycles. The number of rotatable bonds is 2. The lowest BCUT2D eigenvalue weighted by atomic mass is 9.65. The largest absolute Gasteiger partial charge is 0.337 e. The van der Waals surface area contributed by atoms with E-state index >= 15 is 0 Å². The van der Waals surface area contributed by atoms with Crippen LogP contribution in [0.1, 0.15) is 62.1 Å². The molecule has 3 heteroatoms. The van der Waals surface area contributed by atoms with E-state index in [1.807, 2.05) is 0 Å². The number of carbonyl (C=O) groups excluding carboxylic acids is 1. The van der Waals surface area contributed by atoms with E-state index < -0.39 is 0 Å². The molecule has 3 nitrogen and oxygen atoms in total. The molecule has 1 saturated carbocycles. The van der Waals surface area contributed by atoms with Gasteiger partial charge in [-0.05, 0) is 55.8 Å². The molecule has 2 aliphatic heterocycles. The number of piperidine rings is 1. The number of hydrogen-bond donors (Lipinski definition) is 1. The summed E-state index contributed by atoms with van der Waals surface area (Å²) in [7, 11) is 0. The highest BCUT2D eigenvalue weighted by Gasteiger charge is 2.45. The third-order valence-electron chi connectivity index (χ3n) is 6.49. The fourth-order valence-electron chi connectivity index (χ4n) is 5.36. The van der Waals surface area contributed by atoms with Gasteiger partial charge in [-0.2, -0.15) is 0 Å². The van der Waals surface area contributed by atoms with Crippen molar-refractivity contribution in [1.82, 2.24) is 10.2 Å². The van der Waals surface area contributed by atoms with Crippen LogP contribution in [0, 0.1) is 5.92 Å². The molecule has 23 heavy (non-hydrogen) atoms. The summed E-state index contributed by atoms with van der Waals surface area (Å²) in [4.78, 5) is 14.1. The number of benzene rings is 1. The predicted molar refractivity (Wildman–Crippen MR) is 92.3 cm³/mol. The molecule has 1 saturated heterocycles. The Labute approximate surface area is 139 Å². The van der Waals surface area contributed by atoms with Gasteiger partial charge in [0, 0.05) is 12.0 Å². The second-order valence-corrected chi connectivity index (χ2v) is 7.74. The van der Waals surface area contributed by atoms with Crippen molar-refractivity contribution in [3.05, 3.63) is 35.4 Å². The van der Waals surface area contributed by atoms with Crippen LogP contribution in [-0.2, 0) is 10.2 Å². The molecule has 1 aromatic rings. The Hall–Kier alpha value is -1.35. The lowest BCUT2D eigenvalue weighted by Crippen LogP contribution is -2.53. The lowest BCUT2D eigenvalue weighted by molar-refractivity contribution is -0.124. The van der Waals surface area contributed by atoms with Crippen molar-refractivity contribution in [3.63, 3.8) is 0 Å². The first-order chi connectivity index (χ1) is 11.3. The first kappa shape index (κ1) is 15.2. The third-order valence-corrected chi connectivity index (χ3v) is 6.49. The smallest absolute Gasteiger partial charge is 0.210 e. The Bertz CT molecular complexity index is 559. The van der Waals surface area contributed by atoms with Gasteiger partial charge >= 0.3 is 0 Å². The Kier molecular flexibility index (Phi) is 4.14. The summed E-state index contributed by atoms with van der Waals surface area (Å²) < 4.78 is 0. The quantitative estimate of drug-likeness (QED) is 0.849. The third kappa shape index (κ3) is 2.59. The molecule has 1 aromatic carbocycles. The maximum Gasteiger partial charge on any atom is 0.210 e. The Morgan fingerprint density at radius 3 is 2.57 bits per heavy atom. The second-order valence-electron chi connectivity index (χ2n) is 7.74. The van der Waals surface area contributed by atoms with Gasteiger partial charge in [0.2, 0.25) is 6.41 Å². The van der Waals surface area contributed by atoms with Crippen molar-refractivity contribution in [3.8, 4) is 0 Å². The van der Waals surface area contributed by atoms with E-state index in [9.17, 15) is 4.79 Å². The van der Waals surface area contributed by atoms with Gasteiger partial charge in [-0.1, -0.05) is 43.5 Å². The van der Waals surface area contributed by atoms with Crippen molar-refractivity contribution in [1.29, 1.82) is 0 Å². The van der Waals surface area contributed by atoms with E-state index in [-0.39, 0.29) is 5.41 Å². The van der Waals surface area contributed by atoms with Crippen molar-refractivity contribution in [2.75, 3.05) is 19.6 Å². The van der Waals surface area contributed by atoms with Crippen LogP contribution < -0.4 is 5.32 Å². The van der Waals surface area contributed by atoms with Gasteiger partial charge in [0.1, 0.15) is 0 Å². The van der Waals surface area contributed by atoms with E-state index in [1.165, 1.54) is 43.2 Å². The normalized spacial score (nSPS) is 27.7. The zero-order valence-electron chi connectivity index (χ0n) is 14.0. The summed E-state index contributed by atoms with van der Waals surface area (Å²) in [6.07, 6.45) is 9.99. The van der Waals surface area contributed by atoms with Gasteiger partial charge in [-0.3, -0.25) is 4.79 Å². The minimum atomic E-state index is 0.175. The average molecular weight is 312 g/mol. The number of nitrogens with zero attached hydrogens (tertiary/aromatic N) is 1.